The van der Waals surface area contributed by atoms with Crippen molar-refractivity contribution in [1.82, 2.24) is 5.32 Å². The molecule has 98 valence electrons. The Morgan fingerprint density at radius 2 is 1.94 bits per heavy atom. The van der Waals surface area contributed by atoms with Crippen LogP contribution in [-0.4, -0.2) is 17.6 Å². The molecule has 0 bridgehead atoms. The van der Waals surface area contributed by atoms with Crippen LogP contribution in [0.1, 0.15) is 23.2 Å². The number of nitrogens with one attached hydrogen (secondary N) is 1. The molecule has 0 heterocycles. The van der Waals surface area contributed by atoms with Gasteiger partial charge in [0.25, 0.3) is 5.91 Å². The highest BCUT2D eigenvalue weighted by Gasteiger charge is 2.64. The molecule has 0 unspecified atom stereocenters. The van der Waals surface area contributed by atoms with Crippen LogP contribution >= 0.6 is 15.9 Å². The van der Waals surface area contributed by atoms with E-state index >= 15 is 0 Å². The van der Waals surface area contributed by atoms with Crippen LogP contribution in [0.3, 0.4) is 0 Å². The lowest BCUT2D eigenvalue weighted by Crippen LogP contribution is -2.48. The van der Waals surface area contributed by atoms with Crippen molar-refractivity contribution in [2.24, 2.45) is 0 Å². The van der Waals surface area contributed by atoms with Crippen LogP contribution in [0, 0.1) is 5.82 Å². The number of hydrogen-bond donors (Lipinski definition) is 1. The van der Waals surface area contributed by atoms with Gasteiger partial charge in [-0.15, -0.1) is 0 Å². The van der Waals surface area contributed by atoms with Gasteiger partial charge in [-0.2, -0.15) is 13.2 Å². The molecule has 1 amide bonds. The molecule has 1 aromatic rings. The van der Waals surface area contributed by atoms with Crippen molar-refractivity contribution in [3.8, 4) is 0 Å². The first kappa shape index (κ1) is 13.3. The second kappa shape index (κ2) is 4.22. The molecular weight excluding hydrogens is 318 g/mol. The maximum absolute atomic E-state index is 13.3. The summed E-state index contributed by atoms with van der Waals surface area (Å²) >= 11 is 3.03. The molecular formula is C11H8BrF4NO. The summed E-state index contributed by atoms with van der Waals surface area (Å²) in [6.07, 6.45) is -4.85. The summed E-state index contributed by atoms with van der Waals surface area (Å²) in [6, 6.07) is 3.53. The monoisotopic (exact) mass is 325 g/mol. The van der Waals surface area contributed by atoms with Gasteiger partial charge in [0.2, 0.25) is 0 Å². The molecule has 1 saturated carbocycles. The third-order valence-corrected chi connectivity index (χ3v) is 3.31. The minimum atomic E-state index is -4.51. The van der Waals surface area contributed by atoms with Crippen molar-refractivity contribution >= 4 is 21.8 Å². The Hall–Kier alpha value is -1.11. The van der Waals surface area contributed by atoms with Crippen molar-refractivity contribution in [2.45, 2.75) is 24.6 Å². The lowest BCUT2D eigenvalue weighted by molar-refractivity contribution is -0.163. The smallest absolute Gasteiger partial charge is 0.338 e. The molecule has 2 rings (SSSR count). The van der Waals surface area contributed by atoms with Crippen molar-refractivity contribution in [3.05, 3.63) is 34.1 Å². The van der Waals surface area contributed by atoms with Crippen molar-refractivity contribution in [2.75, 3.05) is 0 Å². The highest BCUT2D eigenvalue weighted by atomic mass is 79.9. The van der Waals surface area contributed by atoms with Crippen molar-refractivity contribution in [3.63, 3.8) is 0 Å². The molecule has 0 atom stereocenters. The first-order valence-corrected chi connectivity index (χ1v) is 5.89. The van der Waals surface area contributed by atoms with Crippen LogP contribution in [0.4, 0.5) is 17.6 Å². The molecule has 1 aliphatic rings. The lowest BCUT2D eigenvalue weighted by atomic mass is 10.1. The molecule has 1 fully saturated rings. The number of halogens is 5. The van der Waals surface area contributed by atoms with E-state index in [4.69, 9.17) is 0 Å². The van der Waals surface area contributed by atoms with E-state index in [9.17, 15) is 22.4 Å². The van der Waals surface area contributed by atoms with E-state index in [0.29, 0.717) is 4.47 Å². The minimum absolute atomic E-state index is 0.169. The Bertz CT molecular complexity index is 496. The number of hydrogen-bond acceptors (Lipinski definition) is 1. The first-order valence-electron chi connectivity index (χ1n) is 5.09. The normalized spacial score (nSPS) is 17.4. The van der Waals surface area contributed by atoms with Gasteiger partial charge in [0.1, 0.15) is 11.4 Å². The van der Waals surface area contributed by atoms with E-state index < -0.39 is 29.0 Å². The van der Waals surface area contributed by atoms with Gasteiger partial charge in [0.15, 0.2) is 0 Å². The summed E-state index contributed by atoms with van der Waals surface area (Å²) in [6.45, 7) is 0. The quantitative estimate of drug-likeness (QED) is 0.829. The maximum atomic E-state index is 13.3. The third kappa shape index (κ3) is 2.36. The van der Waals surface area contributed by atoms with E-state index in [1.165, 1.54) is 6.07 Å². The van der Waals surface area contributed by atoms with E-state index in [2.05, 4.69) is 15.9 Å². The highest BCUT2D eigenvalue weighted by Crippen LogP contribution is 2.49. The summed E-state index contributed by atoms with van der Waals surface area (Å²) < 4.78 is 51.7. The molecule has 0 spiro atoms. The zero-order chi connectivity index (χ0) is 13.6. The zero-order valence-electron chi connectivity index (χ0n) is 8.94. The van der Waals surface area contributed by atoms with Gasteiger partial charge in [-0.1, -0.05) is 15.9 Å². The molecule has 7 heteroatoms. The number of carbonyl (C=O) groups excluding carboxylic acids is 1. The summed E-state index contributed by atoms with van der Waals surface area (Å²) in [7, 11) is 0. The fourth-order valence-electron chi connectivity index (χ4n) is 1.56. The van der Waals surface area contributed by atoms with Gasteiger partial charge in [-0.05, 0) is 31.0 Å². The molecule has 2 nitrogen and oxygen atoms in total. The van der Waals surface area contributed by atoms with E-state index in [-0.39, 0.29) is 12.8 Å². The summed E-state index contributed by atoms with van der Waals surface area (Å²) in [4.78, 5) is 11.6. The van der Waals surface area contributed by atoms with E-state index in [1.54, 1.807) is 0 Å². The predicted molar refractivity (Wildman–Crippen MR) is 59.6 cm³/mol. The minimum Gasteiger partial charge on any atom is -0.338 e. The molecule has 1 aromatic carbocycles. The second-order valence-corrected chi connectivity index (χ2v) is 5.07. The number of alkyl halides is 3. The summed E-state index contributed by atoms with van der Waals surface area (Å²) in [5.74, 6) is -1.91. The average molecular weight is 326 g/mol. The first-order chi connectivity index (χ1) is 8.25. The van der Waals surface area contributed by atoms with Crippen LogP contribution in [0.2, 0.25) is 0 Å². The second-order valence-electron chi connectivity index (χ2n) is 4.16. The van der Waals surface area contributed by atoms with Gasteiger partial charge < -0.3 is 5.32 Å². The van der Waals surface area contributed by atoms with Crippen LogP contribution < -0.4 is 5.32 Å². The van der Waals surface area contributed by atoms with E-state index in [0.717, 1.165) is 12.1 Å². The number of carbonyl (C=O) groups is 1. The van der Waals surface area contributed by atoms with Crippen LogP contribution in [0.25, 0.3) is 0 Å². The molecule has 0 aliphatic heterocycles. The lowest BCUT2D eigenvalue weighted by Gasteiger charge is -2.20. The highest BCUT2D eigenvalue weighted by molar-refractivity contribution is 9.10. The molecule has 0 saturated heterocycles. The Kier molecular flexibility index (Phi) is 3.12. The van der Waals surface area contributed by atoms with Gasteiger partial charge in [-0.25, -0.2) is 4.39 Å². The number of amides is 1. The topological polar surface area (TPSA) is 29.1 Å². The Morgan fingerprint density at radius 1 is 1.33 bits per heavy atom. The van der Waals surface area contributed by atoms with Gasteiger partial charge in [0, 0.05) is 4.47 Å². The van der Waals surface area contributed by atoms with Gasteiger partial charge >= 0.3 is 6.18 Å². The zero-order valence-corrected chi connectivity index (χ0v) is 10.5. The molecule has 0 aromatic heterocycles. The molecule has 1 aliphatic carbocycles. The Labute approximate surface area is 108 Å². The van der Waals surface area contributed by atoms with Crippen LogP contribution in [0.15, 0.2) is 22.7 Å². The average Bonchev–Trinajstić information content (AvgIpc) is 3.01. The molecule has 1 N–H and O–H groups in total. The Morgan fingerprint density at radius 3 is 2.44 bits per heavy atom. The largest absolute Gasteiger partial charge is 0.411 e. The fourth-order valence-corrected chi connectivity index (χ4v) is 1.92. The summed E-state index contributed by atoms with van der Waals surface area (Å²) in [5, 5.41) is 1.87. The van der Waals surface area contributed by atoms with Crippen molar-refractivity contribution < 1.29 is 22.4 Å². The van der Waals surface area contributed by atoms with Crippen LogP contribution in [-0.2, 0) is 0 Å². The maximum Gasteiger partial charge on any atom is 0.411 e. The summed E-state index contributed by atoms with van der Waals surface area (Å²) in [5.41, 5.74) is -2.58. The molecule has 0 radical (unpaired) electrons. The Balaban J connectivity index is 2.21. The third-order valence-electron chi connectivity index (χ3n) is 2.82. The molecule has 18 heavy (non-hydrogen) atoms. The number of rotatable bonds is 2. The SMILES string of the molecule is O=C(NC1(C(F)(F)F)CC1)c1cc(Br)ccc1F. The van der Waals surface area contributed by atoms with Crippen molar-refractivity contribution in [1.29, 1.82) is 0 Å². The number of benzene rings is 1. The fraction of sp³-hybridized carbons (Fsp3) is 0.364. The van der Waals surface area contributed by atoms with E-state index in [1.807, 2.05) is 5.32 Å². The van der Waals surface area contributed by atoms with Gasteiger partial charge in [-0.3, -0.25) is 4.79 Å². The standard InChI is InChI=1S/C11H8BrF4NO/c12-6-1-2-8(13)7(5-6)9(18)17-10(3-4-10)11(14,15)16/h1-2,5H,3-4H2,(H,17,18). The van der Waals surface area contributed by atoms with Gasteiger partial charge in [0.05, 0.1) is 5.56 Å². The predicted octanol–water partition coefficient (Wildman–Crippen LogP) is 3.41. The van der Waals surface area contributed by atoms with Crippen LogP contribution in [0.5, 0.6) is 0 Å².